The van der Waals surface area contributed by atoms with E-state index in [0.717, 1.165) is 7.11 Å². The van der Waals surface area contributed by atoms with E-state index in [9.17, 15) is 8.42 Å². The maximum Gasteiger partial charge on any atom is 0.397 e. The third kappa shape index (κ3) is 23.0. The summed E-state index contributed by atoms with van der Waals surface area (Å²) in [5, 5.41) is 1.11. The molecule has 0 spiro atoms. The van der Waals surface area contributed by atoms with Crippen molar-refractivity contribution in [2.45, 2.75) is 129 Å². The Labute approximate surface area is 182 Å². The average molecular weight is 461 g/mol. The van der Waals surface area contributed by atoms with E-state index in [1.807, 2.05) is 0 Å². The highest BCUT2D eigenvalue weighted by Crippen LogP contribution is 2.36. The van der Waals surface area contributed by atoms with E-state index in [4.69, 9.17) is 4.55 Å². The molecule has 0 rings (SSSR count). The van der Waals surface area contributed by atoms with Crippen molar-refractivity contribution < 1.29 is 17.2 Å². The van der Waals surface area contributed by atoms with Crippen LogP contribution in [-0.4, -0.2) is 30.4 Å². The molecule has 2 atom stereocenters. The van der Waals surface area contributed by atoms with Gasteiger partial charge >= 0.3 is 10.4 Å². The predicted octanol–water partition coefficient (Wildman–Crippen LogP) is 7.44. The van der Waals surface area contributed by atoms with Gasteiger partial charge in [0, 0.05) is 0 Å². The SMILES string of the molecule is CCC(P)(CC)CC.CCCCC(P)(CCCC)CCCC.COS(=O)(=O)O. The molecule has 0 bridgehead atoms. The summed E-state index contributed by atoms with van der Waals surface area (Å²) in [6, 6.07) is 0. The molecular weight excluding hydrogens is 410 g/mol. The van der Waals surface area contributed by atoms with Crippen LogP contribution in [0.2, 0.25) is 0 Å². The van der Waals surface area contributed by atoms with Gasteiger partial charge in [-0.15, -0.1) is 18.5 Å². The fraction of sp³-hybridized carbons (Fsp3) is 1.00. The Hall–Kier alpha value is 0.730. The van der Waals surface area contributed by atoms with Crippen molar-refractivity contribution in [2.24, 2.45) is 0 Å². The lowest BCUT2D eigenvalue weighted by molar-refractivity contribution is 0.324. The van der Waals surface area contributed by atoms with Crippen LogP contribution in [0.4, 0.5) is 0 Å². The summed E-state index contributed by atoms with van der Waals surface area (Å²) in [6.45, 7) is 13.6. The maximum absolute atomic E-state index is 9.33. The Morgan fingerprint density at radius 1 is 0.714 bits per heavy atom. The van der Waals surface area contributed by atoms with Crippen LogP contribution in [-0.2, 0) is 14.6 Å². The van der Waals surface area contributed by atoms with Gasteiger partial charge in [0.25, 0.3) is 0 Å². The lowest BCUT2D eigenvalue weighted by Gasteiger charge is -2.29. The van der Waals surface area contributed by atoms with Crippen molar-refractivity contribution in [2.75, 3.05) is 7.11 Å². The van der Waals surface area contributed by atoms with Crippen molar-refractivity contribution in [3.05, 3.63) is 0 Å². The molecule has 0 amide bonds. The minimum atomic E-state index is -4.16. The quantitative estimate of drug-likeness (QED) is 0.229. The molecule has 0 aliphatic rings. The normalized spacial score (nSPS) is 11.9. The molecule has 4 nitrogen and oxygen atoms in total. The second-order valence-corrected chi connectivity index (χ2v) is 11.3. The van der Waals surface area contributed by atoms with Crippen LogP contribution in [0.5, 0.6) is 0 Å². The van der Waals surface area contributed by atoms with Crippen LogP contribution in [0, 0.1) is 0 Å². The zero-order chi connectivity index (χ0) is 22.7. The molecule has 174 valence electrons. The van der Waals surface area contributed by atoms with Crippen molar-refractivity contribution >= 4 is 28.9 Å². The third-order valence-corrected chi connectivity index (χ3v) is 7.92. The highest BCUT2D eigenvalue weighted by molar-refractivity contribution is 7.80. The van der Waals surface area contributed by atoms with Gasteiger partial charge in [-0.3, -0.25) is 8.74 Å². The van der Waals surface area contributed by atoms with E-state index in [1.165, 1.54) is 77.0 Å². The highest BCUT2D eigenvalue weighted by Gasteiger charge is 2.22. The van der Waals surface area contributed by atoms with Gasteiger partial charge in [-0.05, 0) is 48.8 Å². The van der Waals surface area contributed by atoms with Crippen molar-refractivity contribution in [1.82, 2.24) is 0 Å². The minimum Gasteiger partial charge on any atom is -0.264 e. The van der Waals surface area contributed by atoms with Crippen molar-refractivity contribution in [3.8, 4) is 0 Å². The lowest BCUT2D eigenvalue weighted by atomic mass is 9.90. The predicted molar refractivity (Wildman–Crippen MR) is 133 cm³/mol. The van der Waals surface area contributed by atoms with Gasteiger partial charge in [-0.25, -0.2) is 0 Å². The smallest absolute Gasteiger partial charge is 0.264 e. The molecule has 0 aromatic heterocycles. The number of hydrogen-bond donors (Lipinski definition) is 1. The fourth-order valence-electron chi connectivity index (χ4n) is 2.71. The molecule has 0 fully saturated rings. The minimum absolute atomic E-state index is 0.542. The van der Waals surface area contributed by atoms with Gasteiger partial charge < -0.3 is 0 Å². The molecule has 0 heterocycles. The molecule has 1 N–H and O–H groups in total. The van der Waals surface area contributed by atoms with E-state index < -0.39 is 10.4 Å². The van der Waals surface area contributed by atoms with Crippen LogP contribution in [0.15, 0.2) is 0 Å². The molecule has 28 heavy (non-hydrogen) atoms. The van der Waals surface area contributed by atoms with Crippen LogP contribution >= 0.6 is 18.5 Å². The summed E-state index contributed by atoms with van der Waals surface area (Å²) in [7, 11) is 2.82. The first-order valence-corrected chi connectivity index (χ1v) is 13.6. The van der Waals surface area contributed by atoms with E-state index in [-0.39, 0.29) is 0 Å². The van der Waals surface area contributed by atoms with Gasteiger partial charge in [0.1, 0.15) is 0 Å². The van der Waals surface area contributed by atoms with E-state index in [1.54, 1.807) is 0 Å². The Kier molecular flexibility index (Phi) is 23.5. The molecular formula is C21H50O4P2S. The second-order valence-electron chi connectivity index (χ2n) is 7.69. The van der Waals surface area contributed by atoms with Crippen molar-refractivity contribution in [3.63, 3.8) is 0 Å². The lowest BCUT2D eigenvalue weighted by Crippen LogP contribution is -2.20. The zero-order valence-corrected chi connectivity index (χ0v) is 22.8. The van der Waals surface area contributed by atoms with Gasteiger partial charge in [0.15, 0.2) is 0 Å². The molecule has 2 unspecified atom stereocenters. The standard InChI is InChI=1S/C13H29P.C7H17P.CH4O4S/c1-4-7-10-13(14,11-8-5-2)12-9-6-3;1-4-7(8,5-2)6-3;1-5-6(2,3)4/h4-12,14H2,1-3H3;4-6,8H2,1-3H3;1H3,(H,2,3,4). The van der Waals surface area contributed by atoms with Gasteiger partial charge in [0.2, 0.25) is 0 Å². The Balaban J connectivity index is -0.000000376. The summed E-state index contributed by atoms with van der Waals surface area (Å²) in [4.78, 5) is 0. The highest BCUT2D eigenvalue weighted by atomic mass is 32.3. The number of unbranched alkanes of at least 4 members (excludes halogenated alkanes) is 3. The monoisotopic (exact) mass is 460 g/mol. The summed E-state index contributed by atoms with van der Waals surface area (Å²) >= 11 is 0. The maximum atomic E-state index is 9.33. The van der Waals surface area contributed by atoms with Crippen LogP contribution in [0.1, 0.15) is 119 Å². The third-order valence-electron chi connectivity index (χ3n) is 5.41. The van der Waals surface area contributed by atoms with Crippen LogP contribution in [0.25, 0.3) is 0 Å². The number of hydrogen-bond acceptors (Lipinski definition) is 3. The number of rotatable bonds is 13. The molecule has 0 saturated carbocycles. The Morgan fingerprint density at radius 2 is 0.964 bits per heavy atom. The largest absolute Gasteiger partial charge is 0.397 e. The van der Waals surface area contributed by atoms with Crippen LogP contribution < -0.4 is 0 Å². The van der Waals surface area contributed by atoms with Gasteiger partial charge in [-0.2, -0.15) is 8.42 Å². The van der Waals surface area contributed by atoms with E-state index >= 15 is 0 Å². The first-order chi connectivity index (χ1) is 12.9. The summed E-state index contributed by atoms with van der Waals surface area (Å²) in [5.74, 6) is 0. The molecule has 7 heteroatoms. The van der Waals surface area contributed by atoms with E-state index in [0.29, 0.717) is 10.3 Å². The van der Waals surface area contributed by atoms with Crippen molar-refractivity contribution in [1.29, 1.82) is 0 Å². The van der Waals surface area contributed by atoms with Gasteiger partial charge in [0.05, 0.1) is 7.11 Å². The topological polar surface area (TPSA) is 63.6 Å². The molecule has 0 radical (unpaired) electrons. The molecule has 0 aliphatic carbocycles. The molecule has 0 aromatic rings. The zero-order valence-electron chi connectivity index (χ0n) is 19.7. The molecule has 0 saturated heterocycles. The second kappa shape index (κ2) is 19.7. The molecule has 0 aliphatic heterocycles. The van der Waals surface area contributed by atoms with E-state index in [2.05, 4.69) is 64.2 Å². The molecule has 0 aromatic carbocycles. The Bertz CT molecular complexity index is 394. The Morgan fingerprint density at radius 3 is 1.07 bits per heavy atom. The fourth-order valence-corrected chi connectivity index (χ4v) is 3.32. The first kappa shape index (κ1) is 33.4. The first-order valence-electron chi connectivity index (χ1n) is 11.0. The average Bonchev–Trinajstić information content (AvgIpc) is 2.69. The summed E-state index contributed by atoms with van der Waals surface area (Å²) in [5.41, 5.74) is 0. The van der Waals surface area contributed by atoms with Crippen LogP contribution in [0.3, 0.4) is 0 Å². The summed E-state index contributed by atoms with van der Waals surface area (Å²) < 4.78 is 29.7. The summed E-state index contributed by atoms with van der Waals surface area (Å²) in [6.07, 6.45) is 16.3. The van der Waals surface area contributed by atoms with Gasteiger partial charge in [-0.1, -0.05) is 80.1 Å².